The Kier molecular flexibility index (Phi) is 9.61. The summed E-state index contributed by atoms with van der Waals surface area (Å²) in [6.07, 6.45) is -0.367. The van der Waals surface area contributed by atoms with Gasteiger partial charge in [-0.3, -0.25) is 14.4 Å². The maximum atomic E-state index is 12.0. The van der Waals surface area contributed by atoms with Gasteiger partial charge in [0.25, 0.3) is 0 Å². The monoisotopic (exact) mass is 395 g/mol. The summed E-state index contributed by atoms with van der Waals surface area (Å²) in [4.78, 5) is 47.2. The lowest BCUT2D eigenvalue weighted by Gasteiger charge is -2.19. The van der Waals surface area contributed by atoms with Crippen LogP contribution in [0.3, 0.4) is 0 Å². The second-order valence-electron chi connectivity index (χ2n) is 5.95. The molecule has 10 nitrogen and oxygen atoms in total. The third kappa shape index (κ3) is 7.72. The maximum absolute atomic E-state index is 12.0. The summed E-state index contributed by atoms with van der Waals surface area (Å²) in [5.74, 6) is -2.95. The molecule has 0 unspecified atom stereocenters. The number of nitrogens with one attached hydrogen (secondary N) is 2. The zero-order chi connectivity index (χ0) is 21.1. The van der Waals surface area contributed by atoms with Gasteiger partial charge in [-0.15, -0.1) is 0 Å². The second-order valence-corrected chi connectivity index (χ2v) is 5.95. The van der Waals surface area contributed by atoms with E-state index in [0.29, 0.717) is 0 Å². The fourth-order valence-electron chi connectivity index (χ4n) is 2.07. The number of aliphatic hydroxyl groups excluding tert-OH is 1. The van der Waals surface area contributed by atoms with Crippen molar-refractivity contribution in [1.82, 2.24) is 10.6 Å². The van der Waals surface area contributed by atoms with Gasteiger partial charge in [-0.25, -0.2) is 4.79 Å². The number of esters is 2. The first-order chi connectivity index (χ1) is 13.3. The van der Waals surface area contributed by atoms with E-state index in [0.717, 1.165) is 12.7 Å². The Labute approximate surface area is 162 Å². The van der Waals surface area contributed by atoms with Crippen LogP contribution < -0.4 is 16.4 Å². The summed E-state index contributed by atoms with van der Waals surface area (Å²) in [5, 5.41) is 13.6. The number of carbonyl (C=O) groups excluding carboxylic acids is 4. The predicted octanol–water partition coefficient (Wildman–Crippen LogP) is -1.40. The van der Waals surface area contributed by atoms with Crippen molar-refractivity contribution in [2.75, 3.05) is 13.7 Å². The number of ether oxygens (including phenoxy) is 2. The van der Waals surface area contributed by atoms with Crippen molar-refractivity contribution in [1.29, 1.82) is 0 Å². The van der Waals surface area contributed by atoms with Gasteiger partial charge < -0.3 is 30.9 Å². The topological polar surface area (TPSA) is 157 Å². The number of nitrogens with two attached hydrogens (primary N) is 1. The standard InChI is InChI=1S/C18H25N3O7/c1-11(16(24)21-14(9-22)18(26)27-2)20-17(25)13(19)8-15(23)28-10-12-6-4-3-5-7-12/h3-7,11,13-14,22H,8-10,19H2,1-2H3,(H,20,25)(H,21,24)/t11-,13-,14-/m0/s1. The molecule has 0 fully saturated rings. The number of hydrogen-bond donors (Lipinski definition) is 4. The van der Waals surface area contributed by atoms with E-state index in [1.807, 2.05) is 6.07 Å². The SMILES string of the molecule is COC(=O)[C@H](CO)NC(=O)[C@H](C)NC(=O)[C@@H](N)CC(=O)OCc1ccccc1. The first kappa shape index (κ1) is 23.1. The molecule has 1 aromatic carbocycles. The van der Waals surface area contributed by atoms with Crippen LogP contribution in [-0.2, 0) is 35.3 Å². The Morgan fingerprint density at radius 2 is 1.75 bits per heavy atom. The van der Waals surface area contributed by atoms with E-state index in [-0.39, 0.29) is 13.0 Å². The van der Waals surface area contributed by atoms with Crippen LogP contribution >= 0.6 is 0 Å². The highest BCUT2D eigenvalue weighted by Gasteiger charge is 2.26. The largest absolute Gasteiger partial charge is 0.467 e. The molecule has 3 atom stereocenters. The van der Waals surface area contributed by atoms with E-state index in [2.05, 4.69) is 15.4 Å². The summed E-state index contributed by atoms with van der Waals surface area (Å²) in [6.45, 7) is 0.758. The second kappa shape index (κ2) is 11.7. The van der Waals surface area contributed by atoms with Gasteiger partial charge in [-0.1, -0.05) is 30.3 Å². The molecular weight excluding hydrogens is 370 g/mol. The number of amides is 2. The minimum absolute atomic E-state index is 0.0584. The molecule has 0 aliphatic carbocycles. The van der Waals surface area contributed by atoms with Gasteiger partial charge >= 0.3 is 11.9 Å². The Hall–Kier alpha value is -2.98. The van der Waals surface area contributed by atoms with Crippen molar-refractivity contribution in [3.05, 3.63) is 35.9 Å². The molecule has 0 radical (unpaired) electrons. The van der Waals surface area contributed by atoms with Crippen molar-refractivity contribution in [2.24, 2.45) is 5.73 Å². The summed E-state index contributed by atoms with van der Waals surface area (Å²) in [6, 6.07) is 5.48. The fraction of sp³-hybridized carbons (Fsp3) is 0.444. The lowest BCUT2D eigenvalue weighted by molar-refractivity contribution is -0.147. The molecule has 2 amide bonds. The molecule has 0 aromatic heterocycles. The summed E-state index contributed by atoms with van der Waals surface area (Å²) < 4.78 is 9.48. The van der Waals surface area contributed by atoms with Crippen LogP contribution in [0.1, 0.15) is 18.9 Å². The molecule has 0 saturated carbocycles. The highest BCUT2D eigenvalue weighted by Crippen LogP contribution is 2.03. The first-order valence-electron chi connectivity index (χ1n) is 8.53. The van der Waals surface area contributed by atoms with Crippen LogP contribution in [0.25, 0.3) is 0 Å². The lowest BCUT2D eigenvalue weighted by Crippen LogP contribution is -2.54. The zero-order valence-electron chi connectivity index (χ0n) is 15.7. The first-order valence-corrected chi connectivity index (χ1v) is 8.53. The molecule has 0 heterocycles. The molecule has 0 saturated heterocycles. The van der Waals surface area contributed by atoms with Gasteiger partial charge in [0, 0.05) is 0 Å². The van der Waals surface area contributed by atoms with Gasteiger partial charge in [0.15, 0.2) is 6.04 Å². The van der Waals surface area contributed by atoms with E-state index in [1.165, 1.54) is 6.92 Å². The molecule has 10 heteroatoms. The van der Waals surface area contributed by atoms with Gasteiger partial charge in [0.2, 0.25) is 11.8 Å². The third-order valence-corrected chi connectivity index (χ3v) is 3.70. The maximum Gasteiger partial charge on any atom is 0.330 e. The zero-order valence-corrected chi connectivity index (χ0v) is 15.7. The number of hydrogen-bond acceptors (Lipinski definition) is 8. The number of benzene rings is 1. The average Bonchev–Trinajstić information content (AvgIpc) is 2.70. The molecular formula is C18H25N3O7. The van der Waals surface area contributed by atoms with E-state index in [1.54, 1.807) is 24.3 Å². The van der Waals surface area contributed by atoms with Crippen LogP contribution in [0.4, 0.5) is 0 Å². The molecule has 1 aromatic rings. The van der Waals surface area contributed by atoms with E-state index < -0.39 is 48.5 Å². The Balaban J connectivity index is 2.44. The molecule has 5 N–H and O–H groups in total. The lowest BCUT2D eigenvalue weighted by atomic mass is 10.2. The van der Waals surface area contributed by atoms with Crippen LogP contribution in [0.5, 0.6) is 0 Å². The van der Waals surface area contributed by atoms with Gasteiger partial charge in [0.05, 0.1) is 26.2 Å². The molecule has 0 aliphatic heterocycles. The minimum Gasteiger partial charge on any atom is -0.467 e. The number of methoxy groups -OCH3 is 1. The molecule has 1 rings (SSSR count). The number of rotatable bonds is 10. The van der Waals surface area contributed by atoms with Crippen molar-refractivity contribution in [3.8, 4) is 0 Å². The number of carbonyl (C=O) groups is 4. The van der Waals surface area contributed by atoms with E-state index in [9.17, 15) is 19.2 Å². The van der Waals surface area contributed by atoms with Gasteiger partial charge in [-0.2, -0.15) is 0 Å². The summed E-state index contributed by atoms with van der Waals surface area (Å²) in [7, 11) is 1.11. The van der Waals surface area contributed by atoms with Crippen LogP contribution in [0.2, 0.25) is 0 Å². The van der Waals surface area contributed by atoms with Crippen LogP contribution in [0.15, 0.2) is 30.3 Å². The molecule has 28 heavy (non-hydrogen) atoms. The molecule has 0 spiro atoms. The predicted molar refractivity (Wildman–Crippen MR) is 97.5 cm³/mol. The van der Waals surface area contributed by atoms with Crippen molar-refractivity contribution < 1.29 is 33.8 Å². The average molecular weight is 395 g/mol. The Morgan fingerprint density at radius 1 is 1.11 bits per heavy atom. The van der Waals surface area contributed by atoms with Crippen LogP contribution in [-0.4, -0.2) is 60.7 Å². The highest BCUT2D eigenvalue weighted by atomic mass is 16.5. The Morgan fingerprint density at radius 3 is 2.32 bits per heavy atom. The molecule has 154 valence electrons. The van der Waals surface area contributed by atoms with Gasteiger partial charge in [0.1, 0.15) is 12.6 Å². The fourth-order valence-corrected chi connectivity index (χ4v) is 2.07. The Bertz CT molecular complexity index is 681. The number of aliphatic hydroxyl groups is 1. The van der Waals surface area contributed by atoms with Crippen molar-refractivity contribution in [2.45, 2.75) is 38.1 Å². The smallest absolute Gasteiger partial charge is 0.330 e. The van der Waals surface area contributed by atoms with Gasteiger partial charge in [-0.05, 0) is 12.5 Å². The third-order valence-electron chi connectivity index (χ3n) is 3.70. The van der Waals surface area contributed by atoms with E-state index in [4.69, 9.17) is 15.6 Å². The van der Waals surface area contributed by atoms with E-state index >= 15 is 0 Å². The van der Waals surface area contributed by atoms with Crippen LogP contribution in [0, 0.1) is 0 Å². The molecule has 0 aliphatic rings. The minimum atomic E-state index is -1.25. The summed E-state index contributed by atoms with van der Waals surface area (Å²) in [5.41, 5.74) is 6.47. The quantitative estimate of drug-likeness (QED) is 0.352. The summed E-state index contributed by atoms with van der Waals surface area (Å²) >= 11 is 0. The molecule has 0 bridgehead atoms. The highest BCUT2D eigenvalue weighted by molar-refractivity contribution is 5.93. The van der Waals surface area contributed by atoms with Crippen molar-refractivity contribution in [3.63, 3.8) is 0 Å². The normalized spacial score (nSPS) is 13.6. The van der Waals surface area contributed by atoms with Crippen molar-refractivity contribution >= 4 is 23.8 Å².